The number of nitrogens with one attached hydrogen (secondary N) is 2. The van der Waals surface area contributed by atoms with E-state index in [2.05, 4.69) is 20.8 Å². The van der Waals surface area contributed by atoms with Gasteiger partial charge in [0.2, 0.25) is 11.0 Å². The second kappa shape index (κ2) is 6.19. The molecule has 0 bridgehead atoms. The summed E-state index contributed by atoms with van der Waals surface area (Å²) in [5.41, 5.74) is 1.80. The minimum Gasteiger partial charge on any atom is -0.374 e. The Balaban J connectivity index is 1.98. The van der Waals surface area contributed by atoms with Crippen LogP contribution in [0.5, 0.6) is 0 Å². The molecule has 0 saturated heterocycles. The van der Waals surface area contributed by atoms with Gasteiger partial charge in [-0.1, -0.05) is 29.0 Å². The maximum absolute atomic E-state index is 12.0. The lowest BCUT2D eigenvalue weighted by atomic mass is 10.2. The Kier molecular flexibility index (Phi) is 4.57. The summed E-state index contributed by atoms with van der Waals surface area (Å²) in [6, 6.07) is 5.19. The molecule has 7 heteroatoms. The molecule has 2 aromatic rings. The van der Waals surface area contributed by atoms with E-state index in [4.69, 9.17) is 11.6 Å². The van der Waals surface area contributed by atoms with E-state index in [1.807, 2.05) is 26.0 Å². The van der Waals surface area contributed by atoms with Gasteiger partial charge in [0.1, 0.15) is 11.0 Å². The minimum absolute atomic E-state index is 0.169. The van der Waals surface area contributed by atoms with Crippen LogP contribution in [0, 0.1) is 13.8 Å². The standard InChI is InChI=1S/C13H15ClN4OS/c1-7-4-5-10(6-11(7)14)15-8(2)12(19)16-13-18-17-9(3)20-13/h4-6,8,15H,1-3H3,(H,16,18,19)/t8-/m0/s1. The van der Waals surface area contributed by atoms with Crippen LogP contribution >= 0.6 is 22.9 Å². The molecule has 2 N–H and O–H groups in total. The summed E-state index contributed by atoms with van der Waals surface area (Å²) in [5, 5.41) is 15.5. The van der Waals surface area contributed by atoms with Gasteiger partial charge < -0.3 is 5.32 Å². The zero-order valence-corrected chi connectivity index (χ0v) is 13.0. The number of amides is 1. The molecule has 20 heavy (non-hydrogen) atoms. The number of hydrogen-bond donors (Lipinski definition) is 2. The third kappa shape index (κ3) is 3.68. The Morgan fingerprint density at radius 2 is 2.10 bits per heavy atom. The SMILES string of the molecule is Cc1nnc(NC(=O)[C@H](C)Nc2ccc(C)c(Cl)c2)s1. The molecule has 0 fully saturated rings. The molecule has 1 amide bonds. The molecule has 0 spiro atoms. The van der Waals surface area contributed by atoms with Crippen molar-refractivity contribution in [1.29, 1.82) is 0 Å². The summed E-state index contributed by atoms with van der Waals surface area (Å²) in [6.07, 6.45) is 0. The predicted molar refractivity (Wildman–Crippen MR) is 82.5 cm³/mol. The van der Waals surface area contributed by atoms with Gasteiger partial charge in [-0.05, 0) is 38.5 Å². The first-order valence-corrected chi connectivity index (χ1v) is 7.29. The third-order valence-electron chi connectivity index (χ3n) is 2.70. The zero-order chi connectivity index (χ0) is 14.7. The van der Waals surface area contributed by atoms with Crippen LogP contribution in [-0.2, 0) is 4.79 Å². The van der Waals surface area contributed by atoms with Crippen molar-refractivity contribution >= 4 is 39.7 Å². The Labute approximate surface area is 126 Å². The van der Waals surface area contributed by atoms with Crippen LogP contribution in [-0.4, -0.2) is 22.1 Å². The topological polar surface area (TPSA) is 66.9 Å². The molecule has 1 atom stereocenters. The number of nitrogens with zero attached hydrogens (tertiary/aromatic N) is 2. The fourth-order valence-electron chi connectivity index (χ4n) is 1.56. The first-order chi connectivity index (χ1) is 9.45. The first kappa shape index (κ1) is 14.7. The van der Waals surface area contributed by atoms with Crippen LogP contribution < -0.4 is 10.6 Å². The van der Waals surface area contributed by atoms with Gasteiger partial charge in [-0.2, -0.15) is 0 Å². The van der Waals surface area contributed by atoms with Gasteiger partial charge >= 0.3 is 0 Å². The number of benzene rings is 1. The molecule has 1 aromatic carbocycles. The summed E-state index contributed by atoms with van der Waals surface area (Å²) >= 11 is 7.39. The van der Waals surface area contributed by atoms with Crippen molar-refractivity contribution in [2.24, 2.45) is 0 Å². The van der Waals surface area contributed by atoms with Gasteiger partial charge in [-0.3, -0.25) is 10.1 Å². The lowest BCUT2D eigenvalue weighted by molar-refractivity contribution is -0.116. The summed E-state index contributed by atoms with van der Waals surface area (Å²) in [5.74, 6) is -0.169. The van der Waals surface area contributed by atoms with E-state index in [-0.39, 0.29) is 5.91 Å². The highest BCUT2D eigenvalue weighted by molar-refractivity contribution is 7.15. The second-order valence-electron chi connectivity index (χ2n) is 4.45. The summed E-state index contributed by atoms with van der Waals surface area (Å²) in [6.45, 7) is 5.54. The third-order valence-corrected chi connectivity index (χ3v) is 3.87. The lowest BCUT2D eigenvalue weighted by Gasteiger charge is -2.14. The number of hydrogen-bond acceptors (Lipinski definition) is 5. The average molecular weight is 311 g/mol. The summed E-state index contributed by atoms with van der Waals surface area (Å²) in [4.78, 5) is 12.0. The normalized spacial score (nSPS) is 12.0. The number of carbonyl (C=O) groups excluding carboxylic acids is 1. The maximum Gasteiger partial charge on any atom is 0.248 e. The molecule has 2 rings (SSSR count). The van der Waals surface area contributed by atoms with Gasteiger partial charge in [0.05, 0.1) is 0 Å². The molecular formula is C13H15ClN4OS. The number of carbonyl (C=O) groups is 1. The smallest absolute Gasteiger partial charge is 0.248 e. The van der Waals surface area contributed by atoms with E-state index in [1.54, 1.807) is 13.0 Å². The molecule has 0 aliphatic heterocycles. The molecule has 0 saturated carbocycles. The molecule has 0 unspecified atom stereocenters. The number of aryl methyl sites for hydroxylation is 2. The van der Waals surface area contributed by atoms with Gasteiger partial charge in [0, 0.05) is 10.7 Å². The molecule has 0 aliphatic carbocycles. The highest BCUT2D eigenvalue weighted by atomic mass is 35.5. The van der Waals surface area contributed by atoms with Crippen molar-refractivity contribution in [1.82, 2.24) is 10.2 Å². The van der Waals surface area contributed by atoms with Crippen molar-refractivity contribution in [3.8, 4) is 0 Å². The van der Waals surface area contributed by atoms with Crippen LogP contribution in [0.4, 0.5) is 10.8 Å². The highest BCUT2D eigenvalue weighted by Crippen LogP contribution is 2.21. The van der Waals surface area contributed by atoms with E-state index in [0.29, 0.717) is 10.2 Å². The van der Waals surface area contributed by atoms with Crippen molar-refractivity contribution in [3.63, 3.8) is 0 Å². The summed E-state index contributed by atoms with van der Waals surface area (Å²) in [7, 11) is 0. The van der Waals surface area contributed by atoms with Crippen LogP contribution in [0.3, 0.4) is 0 Å². The quantitative estimate of drug-likeness (QED) is 0.909. The van der Waals surface area contributed by atoms with Crippen LogP contribution in [0.25, 0.3) is 0 Å². The number of anilines is 2. The molecule has 1 heterocycles. The monoisotopic (exact) mass is 310 g/mol. The number of halogens is 1. The molecule has 0 aliphatic rings. The minimum atomic E-state index is -0.405. The Hall–Kier alpha value is -1.66. The number of aromatic nitrogens is 2. The van der Waals surface area contributed by atoms with E-state index in [1.165, 1.54) is 11.3 Å². The van der Waals surface area contributed by atoms with E-state index in [0.717, 1.165) is 16.3 Å². The Morgan fingerprint density at radius 3 is 2.70 bits per heavy atom. The van der Waals surface area contributed by atoms with Crippen molar-refractivity contribution in [2.75, 3.05) is 10.6 Å². The van der Waals surface area contributed by atoms with Crippen molar-refractivity contribution in [2.45, 2.75) is 26.8 Å². The molecule has 0 radical (unpaired) electrons. The lowest BCUT2D eigenvalue weighted by Crippen LogP contribution is -2.31. The van der Waals surface area contributed by atoms with Gasteiger partial charge in [-0.15, -0.1) is 10.2 Å². The van der Waals surface area contributed by atoms with Gasteiger partial charge in [-0.25, -0.2) is 0 Å². The molecule has 106 valence electrons. The van der Waals surface area contributed by atoms with Crippen LogP contribution in [0.2, 0.25) is 5.02 Å². The second-order valence-corrected chi connectivity index (χ2v) is 6.03. The van der Waals surface area contributed by atoms with Crippen LogP contribution in [0.1, 0.15) is 17.5 Å². The predicted octanol–water partition coefficient (Wildman–Crippen LogP) is 3.25. The Bertz CT molecular complexity index is 629. The zero-order valence-electron chi connectivity index (χ0n) is 11.4. The molecule has 1 aromatic heterocycles. The van der Waals surface area contributed by atoms with Crippen molar-refractivity contribution < 1.29 is 4.79 Å². The average Bonchev–Trinajstić information content (AvgIpc) is 2.79. The van der Waals surface area contributed by atoms with Gasteiger partial charge in [0.25, 0.3) is 0 Å². The number of rotatable bonds is 4. The fraction of sp³-hybridized carbons (Fsp3) is 0.308. The van der Waals surface area contributed by atoms with Crippen LogP contribution in [0.15, 0.2) is 18.2 Å². The highest BCUT2D eigenvalue weighted by Gasteiger charge is 2.14. The largest absolute Gasteiger partial charge is 0.374 e. The molecule has 5 nitrogen and oxygen atoms in total. The van der Waals surface area contributed by atoms with Gasteiger partial charge in [0.15, 0.2) is 0 Å². The summed E-state index contributed by atoms with van der Waals surface area (Å²) < 4.78 is 0. The fourth-order valence-corrected chi connectivity index (χ4v) is 2.33. The Morgan fingerprint density at radius 1 is 1.35 bits per heavy atom. The van der Waals surface area contributed by atoms with E-state index < -0.39 is 6.04 Å². The first-order valence-electron chi connectivity index (χ1n) is 6.09. The molecular weight excluding hydrogens is 296 g/mol. The maximum atomic E-state index is 12.0. The van der Waals surface area contributed by atoms with Crippen molar-refractivity contribution in [3.05, 3.63) is 33.8 Å². The van der Waals surface area contributed by atoms with E-state index in [9.17, 15) is 4.79 Å². The van der Waals surface area contributed by atoms with E-state index >= 15 is 0 Å².